The van der Waals surface area contributed by atoms with Crippen molar-refractivity contribution in [1.29, 1.82) is 0 Å². The van der Waals surface area contributed by atoms with Crippen LogP contribution >= 0.6 is 11.3 Å². The van der Waals surface area contributed by atoms with Crippen LogP contribution in [0.1, 0.15) is 53.2 Å². The minimum absolute atomic E-state index is 0.0964. The summed E-state index contributed by atoms with van der Waals surface area (Å²) in [6, 6.07) is 6.33. The molecule has 0 aliphatic heterocycles. The lowest BCUT2D eigenvalue weighted by Crippen LogP contribution is -2.05. The average Bonchev–Trinajstić information content (AvgIpc) is 3.31. The zero-order valence-electron chi connectivity index (χ0n) is 19.4. The van der Waals surface area contributed by atoms with Gasteiger partial charge in [-0.2, -0.15) is 0 Å². The van der Waals surface area contributed by atoms with Crippen LogP contribution in [0.2, 0.25) is 0 Å². The minimum Gasteiger partial charge on any atom is -0.478 e. The normalized spacial score (nSPS) is 11.4. The highest BCUT2D eigenvalue weighted by Gasteiger charge is 2.20. The predicted molar refractivity (Wildman–Crippen MR) is 128 cm³/mol. The van der Waals surface area contributed by atoms with Crippen LogP contribution in [0.25, 0.3) is 17.3 Å². The summed E-state index contributed by atoms with van der Waals surface area (Å²) >= 11 is 0.897. The molecule has 3 rings (SSSR count). The number of hydrogen-bond acceptors (Lipinski definition) is 6. The molecule has 0 saturated carbocycles. The fourth-order valence-corrected chi connectivity index (χ4v) is 4.16. The maximum atomic E-state index is 15.1. The summed E-state index contributed by atoms with van der Waals surface area (Å²) in [4.78, 5) is 39.4. The van der Waals surface area contributed by atoms with Gasteiger partial charge in [-0.1, -0.05) is 12.1 Å². The number of carboxylic acid groups (broad SMARTS) is 1. The summed E-state index contributed by atoms with van der Waals surface area (Å²) in [5.74, 6) is -5.19. The smallest absolute Gasteiger partial charge is 0.331 e. The van der Waals surface area contributed by atoms with Gasteiger partial charge in [-0.3, -0.25) is 9.59 Å². The highest BCUT2D eigenvalue weighted by Crippen LogP contribution is 2.29. The van der Waals surface area contributed by atoms with Crippen molar-refractivity contribution >= 4 is 35.1 Å². The summed E-state index contributed by atoms with van der Waals surface area (Å²) in [6.45, 7) is 3.17. The number of carboxylic acids is 1. The molecular formula is C26H22F3NO5S. The second kappa shape index (κ2) is 11.8. The molecule has 1 heterocycles. The molecule has 0 saturated heterocycles. The number of aliphatic carboxylic acids is 1. The van der Waals surface area contributed by atoms with E-state index in [1.54, 1.807) is 19.1 Å². The average molecular weight is 518 g/mol. The standard InChI is InChI=1S/C26H22F3NO5S/c1-3-35-22(31)9-5-7-15-6-4-8-17(23(15)29)21-13-36-25(30-21)24(32)16-11-19(27)18(20(28)12-16)10-14(2)26(33)34/h4,6,8,10-13H,3,5,7,9H2,1-2H3,(H,33,34). The molecule has 0 amide bonds. The first-order valence-corrected chi connectivity index (χ1v) is 11.8. The van der Waals surface area contributed by atoms with Gasteiger partial charge < -0.3 is 9.84 Å². The number of aromatic nitrogens is 1. The Kier molecular flexibility index (Phi) is 8.76. The van der Waals surface area contributed by atoms with Gasteiger partial charge >= 0.3 is 11.9 Å². The number of halogens is 3. The number of aryl methyl sites for hydroxylation is 1. The van der Waals surface area contributed by atoms with Crippen molar-refractivity contribution in [3.63, 3.8) is 0 Å². The van der Waals surface area contributed by atoms with Gasteiger partial charge in [0.05, 0.1) is 12.3 Å². The number of ether oxygens (including phenoxy) is 1. The van der Waals surface area contributed by atoms with Crippen molar-refractivity contribution in [2.45, 2.75) is 33.1 Å². The second-order valence-corrected chi connectivity index (χ2v) is 8.65. The van der Waals surface area contributed by atoms with Gasteiger partial charge in [0.1, 0.15) is 17.5 Å². The lowest BCUT2D eigenvalue weighted by atomic mass is 10.0. The Hall–Kier alpha value is -3.79. The van der Waals surface area contributed by atoms with Crippen molar-refractivity contribution in [3.05, 3.63) is 80.4 Å². The first kappa shape index (κ1) is 26.8. The molecule has 0 aliphatic carbocycles. The van der Waals surface area contributed by atoms with Gasteiger partial charge in [-0.05, 0) is 56.5 Å². The van der Waals surface area contributed by atoms with E-state index in [4.69, 9.17) is 9.84 Å². The Morgan fingerprint density at radius 3 is 2.47 bits per heavy atom. The molecule has 1 aromatic heterocycles. The van der Waals surface area contributed by atoms with E-state index in [0.717, 1.165) is 29.5 Å². The van der Waals surface area contributed by atoms with Gasteiger partial charge in [-0.25, -0.2) is 22.9 Å². The summed E-state index contributed by atoms with van der Waals surface area (Å²) in [7, 11) is 0. The molecule has 0 bridgehead atoms. The number of rotatable bonds is 10. The van der Waals surface area contributed by atoms with Crippen molar-refractivity contribution in [3.8, 4) is 11.3 Å². The Bertz CT molecular complexity index is 1330. The molecule has 188 valence electrons. The third-order valence-electron chi connectivity index (χ3n) is 5.22. The molecule has 1 N–H and O–H groups in total. The third kappa shape index (κ3) is 6.25. The van der Waals surface area contributed by atoms with Crippen molar-refractivity contribution in [2.24, 2.45) is 0 Å². The zero-order chi connectivity index (χ0) is 26.4. The Labute approximate surface area is 209 Å². The molecule has 0 atom stereocenters. The van der Waals surface area contributed by atoms with Crippen LogP contribution in [-0.4, -0.2) is 34.4 Å². The van der Waals surface area contributed by atoms with Crippen LogP contribution in [-0.2, 0) is 20.7 Å². The molecule has 0 aliphatic rings. The number of carbonyl (C=O) groups excluding carboxylic acids is 2. The Balaban J connectivity index is 1.82. The Morgan fingerprint density at radius 2 is 1.83 bits per heavy atom. The van der Waals surface area contributed by atoms with Crippen molar-refractivity contribution in [2.75, 3.05) is 6.61 Å². The molecule has 10 heteroatoms. The first-order chi connectivity index (χ1) is 17.1. The fraction of sp³-hybridized carbons (Fsp3) is 0.231. The lowest BCUT2D eigenvalue weighted by molar-refractivity contribution is -0.143. The van der Waals surface area contributed by atoms with Crippen molar-refractivity contribution in [1.82, 2.24) is 4.98 Å². The van der Waals surface area contributed by atoms with E-state index in [-0.39, 0.29) is 46.4 Å². The van der Waals surface area contributed by atoms with E-state index >= 15 is 4.39 Å². The number of benzene rings is 2. The number of esters is 1. The van der Waals surface area contributed by atoms with E-state index < -0.39 is 34.8 Å². The highest BCUT2D eigenvalue weighted by molar-refractivity contribution is 7.12. The largest absolute Gasteiger partial charge is 0.478 e. The van der Waals surface area contributed by atoms with Gasteiger partial charge in [0, 0.05) is 34.1 Å². The van der Waals surface area contributed by atoms with Crippen LogP contribution in [0, 0.1) is 17.5 Å². The summed E-state index contributed by atoms with van der Waals surface area (Å²) < 4.78 is 48.9. The van der Waals surface area contributed by atoms with E-state index in [1.807, 2.05) is 0 Å². The summed E-state index contributed by atoms with van der Waals surface area (Å²) in [5, 5.41) is 10.3. The number of ketones is 1. The highest BCUT2D eigenvalue weighted by atomic mass is 32.1. The monoisotopic (exact) mass is 517 g/mol. The topological polar surface area (TPSA) is 93.6 Å². The van der Waals surface area contributed by atoms with Gasteiger partial charge in [0.25, 0.3) is 0 Å². The van der Waals surface area contributed by atoms with Crippen LogP contribution in [0.15, 0.2) is 41.3 Å². The second-order valence-electron chi connectivity index (χ2n) is 7.79. The molecule has 0 radical (unpaired) electrons. The summed E-state index contributed by atoms with van der Waals surface area (Å²) in [6.07, 6.45) is 1.69. The Morgan fingerprint density at radius 1 is 1.14 bits per heavy atom. The summed E-state index contributed by atoms with van der Waals surface area (Å²) in [5.41, 5.74) is -0.451. The van der Waals surface area contributed by atoms with E-state index in [9.17, 15) is 23.2 Å². The molecule has 2 aromatic carbocycles. The van der Waals surface area contributed by atoms with E-state index in [1.165, 1.54) is 18.4 Å². The predicted octanol–water partition coefficient (Wildman–Crippen LogP) is 5.83. The quantitative estimate of drug-likeness (QED) is 0.207. The first-order valence-electron chi connectivity index (χ1n) is 11.0. The fourth-order valence-electron chi connectivity index (χ4n) is 3.38. The zero-order valence-corrected chi connectivity index (χ0v) is 20.3. The molecule has 3 aromatic rings. The van der Waals surface area contributed by atoms with E-state index in [2.05, 4.69) is 4.98 Å². The van der Waals surface area contributed by atoms with Crippen molar-refractivity contribution < 1.29 is 37.4 Å². The van der Waals surface area contributed by atoms with Crippen LogP contribution < -0.4 is 0 Å². The van der Waals surface area contributed by atoms with Crippen LogP contribution in [0.4, 0.5) is 13.2 Å². The molecular weight excluding hydrogens is 495 g/mol. The number of carbonyl (C=O) groups is 3. The molecule has 0 unspecified atom stereocenters. The number of nitrogens with zero attached hydrogens (tertiary/aromatic N) is 1. The molecule has 0 fully saturated rings. The number of hydrogen-bond donors (Lipinski definition) is 1. The third-order valence-corrected chi connectivity index (χ3v) is 6.07. The van der Waals surface area contributed by atoms with Crippen LogP contribution in [0.3, 0.4) is 0 Å². The molecule has 6 nitrogen and oxygen atoms in total. The van der Waals surface area contributed by atoms with Crippen LogP contribution in [0.5, 0.6) is 0 Å². The molecule has 0 spiro atoms. The molecule has 36 heavy (non-hydrogen) atoms. The lowest BCUT2D eigenvalue weighted by Gasteiger charge is -2.07. The van der Waals surface area contributed by atoms with Gasteiger partial charge in [0.2, 0.25) is 5.78 Å². The maximum Gasteiger partial charge on any atom is 0.331 e. The number of thiazole rings is 1. The van der Waals surface area contributed by atoms with E-state index in [0.29, 0.717) is 18.4 Å². The minimum atomic E-state index is -1.33. The van der Waals surface area contributed by atoms with Gasteiger partial charge in [-0.15, -0.1) is 11.3 Å². The maximum absolute atomic E-state index is 15.1. The van der Waals surface area contributed by atoms with Gasteiger partial charge in [0.15, 0.2) is 5.01 Å². The SMILES string of the molecule is CCOC(=O)CCCc1cccc(-c2csc(C(=O)c3cc(F)c(C=C(C)C(=O)O)c(F)c3)n2)c1F.